The first-order valence-electron chi connectivity index (χ1n) is 8.63. The van der Waals surface area contributed by atoms with E-state index in [1.165, 1.54) is 4.90 Å². The van der Waals surface area contributed by atoms with E-state index in [1.807, 2.05) is 24.3 Å². The van der Waals surface area contributed by atoms with Crippen molar-refractivity contribution in [3.05, 3.63) is 29.8 Å². The van der Waals surface area contributed by atoms with Gasteiger partial charge in [-0.1, -0.05) is 12.1 Å². The molecule has 1 fully saturated rings. The average Bonchev–Trinajstić information content (AvgIpc) is 2.53. The Morgan fingerprint density at radius 3 is 2.44 bits per heavy atom. The van der Waals surface area contributed by atoms with Crippen LogP contribution >= 0.6 is 0 Å². The molecule has 1 N–H and O–H groups in total. The van der Waals surface area contributed by atoms with Crippen molar-refractivity contribution < 1.29 is 19.1 Å². The van der Waals surface area contributed by atoms with Gasteiger partial charge in [0.15, 0.2) is 0 Å². The van der Waals surface area contributed by atoms with Crippen LogP contribution in [0.2, 0.25) is 0 Å². The number of piperidine rings is 1. The Morgan fingerprint density at radius 1 is 1.28 bits per heavy atom. The van der Waals surface area contributed by atoms with Gasteiger partial charge in [-0.2, -0.15) is 0 Å². The summed E-state index contributed by atoms with van der Waals surface area (Å²) < 4.78 is 10.5. The van der Waals surface area contributed by atoms with Crippen molar-refractivity contribution in [2.75, 3.05) is 13.7 Å². The molecular weight excluding hydrogens is 320 g/mol. The minimum Gasteiger partial charge on any atom is -0.497 e. The number of nitrogens with one attached hydrogen (secondary N) is 1. The number of benzene rings is 1. The van der Waals surface area contributed by atoms with E-state index in [9.17, 15) is 9.59 Å². The molecule has 2 atom stereocenters. The molecular formula is C19H28N2O4. The molecule has 6 nitrogen and oxygen atoms in total. The molecule has 1 aliphatic heterocycles. The third kappa shape index (κ3) is 5.46. The van der Waals surface area contributed by atoms with Crippen molar-refractivity contribution >= 4 is 12.0 Å². The number of ether oxygens (including phenoxy) is 2. The number of hydrogen-bond acceptors (Lipinski definition) is 5. The number of rotatable bonds is 4. The molecule has 0 saturated carbocycles. The zero-order valence-corrected chi connectivity index (χ0v) is 15.7. The highest BCUT2D eigenvalue weighted by Crippen LogP contribution is 2.21. The summed E-state index contributed by atoms with van der Waals surface area (Å²) in [7, 11) is 1.64. The quantitative estimate of drug-likeness (QED) is 0.904. The second kappa shape index (κ2) is 7.87. The Bertz CT molecular complexity index is 607. The molecule has 0 radical (unpaired) electrons. The summed E-state index contributed by atoms with van der Waals surface area (Å²) in [6, 6.07) is 8.01. The first kappa shape index (κ1) is 19.2. The van der Waals surface area contributed by atoms with E-state index in [-0.39, 0.29) is 18.0 Å². The molecule has 0 bridgehead atoms. The van der Waals surface area contributed by atoms with Gasteiger partial charge in [0, 0.05) is 25.0 Å². The van der Waals surface area contributed by atoms with Crippen molar-refractivity contribution in [2.24, 2.45) is 0 Å². The van der Waals surface area contributed by atoms with E-state index in [4.69, 9.17) is 9.47 Å². The van der Waals surface area contributed by atoms with Crippen LogP contribution in [0.1, 0.15) is 52.1 Å². The maximum atomic E-state index is 12.3. The van der Waals surface area contributed by atoms with Gasteiger partial charge in [0.2, 0.25) is 5.91 Å². The van der Waals surface area contributed by atoms with Crippen LogP contribution in [0, 0.1) is 0 Å². The Hall–Kier alpha value is -2.08. The second-order valence-corrected chi connectivity index (χ2v) is 7.38. The lowest BCUT2D eigenvalue weighted by atomic mass is 10.0. The molecule has 138 valence electrons. The van der Waals surface area contributed by atoms with Crippen molar-refractivity contribution in [3.8, 4) is 5.75 Å². The van der Waals surface area contributed by atoms with Crippen LogP contribution in [0.5, 0.6) is 5.75 Å². The van der Waals surface area contributed by atoms with Gasteiger partial charge in [-0.15, -0.1) is 0 Å². The number of methoxy groups -OCH3 is 1. The summed E-state index contributed by atoms with van der Waals surface area (Å²) in [5.41, 5.74) is 0.526. The lowest BCUT2D eigenvalue weighted by Gasteiger charge is -2.33. The predicted octanol–water partition coefficient (Wildman–Crippen LogP) is 3.27. The lowest BCUT2D eigenvalue weighted by Crippen LogP contribution is -2.50. The fourth-order valence-electron chi connectivity index (χ4n) is 2.83. The molecule has 1 aromatic rings. The third-order valence-corrected chi connectivity index (χ3v) is 4.14. The van der Waals surface area contributed by atoms with E-state index in [2.05, 4.69) is 12.2 Å². The Balaban J connectivity index is 1.89. The van der Waals surface area contributed by atoms with Gasteiger partial charge in [-0.3, -0.25) is 4.79 Å². The molecule has 0 aliphatic carbocycles. The standard InChI is InChI=1S/C19H28N2O4/c1-13(14-6-8-16(24-5)9-7-14)20-15-10-11-21(17(22)12-15)18(23)25-19(2,3)4/h6-9,13,15,20H,10-12H2,1-5H3. The molecule has 1 aromatic carbocycles. The summed E-state index contributed by atoms with van der Waals surface area (Å²) in [4.78, 5) is 25.6. The zero-order valence-electron chi connectivity index (χ0n) is 15.7. The highest BCUT2D eigenvalue weighted by molar-refractivity contribution is 5.93. The number of hydrogen-bond donors (Lipinski definition) is 1. The third-order valence-electron chi connectivity index (χ3n) is 4.14. The molecule has 2 rings (SSSR count). The summed E-state index contributed by atoms with van der Waals surface area (Å²) in [6.45, 7) is 7.81. The van der Waals surface area contributed by atoms with Gasteiger partial charge in [0.25, 0.3) is 0 Å². The highest BCUT2D eigenvalue weighted by atomic mass is 16.6. The van der Waals surface area contributed by atoms with E-state index in [0.29, 0.717) is 19.4 Å². The lowest BCUT2D eigenvalue weighted by molar-refractivity contribution is -0.133. The van der Waals surface area contributed by atoms with Crippen LogP contribution < -0.4 is 10.1 Å². The number of imide groups is 1. The summed E-state index contributed by atoms with van der Waals surface area (Å²) >= 11 is 0. The maximum Gasteiger partial charge on any atom is 0.417 e. The Labute approximate surface area is 149 Å². The van der Waals surface area contributed by atoms with Crippen LogP contribution in [0.4, 0.5) is 4.79 Å². The minimum atomic E-state index is -0.602. The average molecular weight is 348 g/mol. The van der Waals surface area contributed by atoms with Gasteiger partial charge in [0.1, 0.15) is 11.4 Å². The number of carbonyl (C=O) groups excluding carboxylic acids is 2. The maximum absolute atomic E-state index is 12.3. The van der Waals surface area contributed by atoms with E-state index < -0.39 is 11.7 Å². The molecule has 0 spiro atoms. The predicted molar refractivity (Wildman–Crippen MR) is 95.5 cm³/mol. The topological polar surface area (TPSA) is 67.9 Å². The van der Waals surface area contributed by atoms with Gasteiger partial charge < -0.3 is 14.8 Å². The fraction of sp³-hybridized carbons (Fsp3) is 0.579. The van der Waals surface area contributed by atoms with Crippen LogP contribution in [-0.4, -0.2) is 42.2 Å². The Morgan fingerprint density at radius 2 is 1.92 bits per heavy atom. The van der Waals surface area contributed by atoms with Gasteiger partial charge in [-0.05, 0) is 51.8 Å². The SMILES string of the molecule is COc1ccc(C(C)NC2CCN(C(=O)OC(C)(C)C)C(=O)C2)cc1. The summed E-state index contributed by atoms with van der Waals surface area (Å²) in [5, 5.41) is 3.47. The van der Waals surface area contributed by atoms with Crippen LogP contribution in [0.25, 0.3) is 0 Å². The van der Waals surface area contributed by atoms with Crippen LogP contribution in [0.15, 0.2) is 24.3 Å². The van der Waals surface area contributed by atoms with Crippen molar-refractivity contribution in [2.45, 2.75) is 58.2 Å². The van der Waals surface area contributed by atoms with Gasteiger partial charge >= 0.3 is 6.09 Å². The van der Waals surface area contributed by atoms with E-state index >= 15 is 0 Å². The molecule has 1 heterocycles. The van der Waals surface area contributed by atoms with E-state index in [1.54, 1.807) is 27.9 Å². The summed E-state index contributed by atoms with van der Waals surface area (Å²) in [5.74, 6) is 0.622. The van der Waals surface area contributed by atoms with Crippen LogP contribution in [-0.2, 0) is 9.53 Å². The van der Waals surface area contributed by atoms with Crippen molar-refractivity contribution in [1.82, 2.24) is 10.2 Å². The molecule has 2 amide bonds. The molecule has 1 aliphatic rings. The van der Waals surface area contributed by atoms with Crippen molar-refractivity contribution in [1.29, 1.82) is 0 Å². The second-order valence-electron chi connectivity index (χ2n) is 7.38. The molecule has 1 saturated heterocycles. The van der Waals surface area contributed by atoms with E-state index in [0.717, 1.165) is 11.3 Å². The van der Waals surface area contributed by atoms with Crippen molar-refractivity contribution in [3.63, 3.8) is 0 Å². The monoisotopic (exact) mass is 348 g/mol. The Kier molecular flexibility index (Phi) is 6.06. The number of likely N-dealkylation sites (tertiary alicyclic amines) is 1. The van der Waals surface area contributed by atoms with Gasteiger partial charge in [-0.25, -0.2) is 9.69 Å². The summed E-state index contributed by atoms with van der Waals surface area (Å²) in [6.07, 6.45) is 0.449. The molecule has 0 aromatic heterocycles. The van der Waals surface area contributed by atoms with Gasteiger partial charge in [0.05, 0.1) is 7.11 Å². The number of nitrogens with zero attached hydrogens (tertiary/aromatic N) is 1. The largest absolute Gasteiger partial charge is 0.497 e. The first-order valence-corrected chi connectivity index (χ1v) is 8.63. The number of carbonyl (C=O) groups is 2. The molecule has 6 heteroatoms. The normalized spacial score (nSPS) is 19.5. The van der Waals surface area contributed by atoms with Crippen LogP contribution in [0.3, 0.4) is 0 Å². The molecule has 25 heavy (non-hydrogen) atoms. The first-order chi connectivity index (χ1) is 11.7. The fourth-order valence-corrected chi connectivity index (χ4v) is 2.83. The minimum absolute atomic E-state index is 0.0447. The smallest absolute Gasteiger partial charge is 0.417 e. The zero-order chi connectivity index (χ0) is 18.6. The number of amides is 2. The molecule has 2 unspecified atom stereocenters. The highest BCUT2D eigenvalue weighted by Gasteiger charge is 2.33.